The summed E-state index contributed by atoms with van der Waals surface area (Å²) in [6.45, 7) is 3.19. The first kappa shape index (κ1) is 18.3. The average Bonchev–Trinajstić information content (AvgIpc) is 2.62. The van der Waals surface area contributed by atoms with Crippen LogP contribution in [0.25, 0.3) is 0 Å². The van der Waals surface area contributed by atoms with Gasteiger partial charge in [0.25, 0.3) is 0 Å². The number of hydrogen-bond donors (Lipinski definition) is 2. The number of nitrogens with zero attached hydrogens (tertiary/aromatic N) is 3. The average molecular weight is 358 g/mol. The molecule has 1 amide bonds. The van der Waals surface area contributed by atoms with Gasteiger partial charge >= 0.3 is 0 Å². The first-order valence-electron chi connectivity index (χ1n) is 8.71. The van der Waals surface area contributed by atoms with Crippen molar-refractivity contribution in [2.75, 3.05) is 24.5 Å². The molecule has 1 aliphatic heterocycles. The molecule has 1 aromatic heterocycles. The lowest BCUT2D eigenvalue weighted by Gasteiger charge is -2.39. The Labute approximate surface area is 152 Å². The summed E-state index contributed by atoms with van der Waals surface area (Å²) >= 11 is 0. The Bertz CT molecular complexity index is 786. The van der Waals surface area contributed by atoms with Gasteiger partial charge in [0.05, 0.1) is 12.0 Å². The Kier molecular flexibility index (Phi) is 5.46. The summed E-state index contributed by atoms with van der Waals surface area (Å²) in [4.78, 5) is 22.5. The minimum Gasteiger partial charge on any atom is -0.386 e. The number of rotatable bonds is 5. The Morgan fingerprint density at radius 1 is 1.38 bits per heavy atom. The maximum atomic E-state index is 13.6. The number of β-amino-alcohol motifs (C(OH)–C–C–N with tert-alkyl or cyclic N) is 1. The molecule has 0 radical (unpaired) electrons. The Morgan fingerprint density at radius 3 is 2.96 bits per heavy atom. The van der Waals surface area contributed by atoms with Crippen LogP contribution in [-0.2, 0) is 11.2 Å². The third-order valence-corrected chi connectivity index (χ3v) is 4.59. The van der Waals surface area contributed by atoms with Crippen LogP contribution in [0.3, 0.4) is 0 Å². The van der Waals surface area contributed by atoms with Gasteiger partial charge in [0.2, 0.25) is 5.91 Å². The highest BCUT2D eigenvalue weighted by atomic mass is 19.1. The number of piperidine rings is 1. The standard InChI is InChI=1S/C19H23FN4O2/c1-14-9-17(23-13-22-14)24-8-4-7-19(26,12-24)11-21-18(25)10-15-5-2-3-6-16(15)20/h2-3,5-6,9,13,26H,4,7-8,10-12H2,1H3,(H,21,25)/t19-/m0/s1. The van der Waals surface area contributed by atoms with Gasteiger partial charge in [-0.15, -0.1) is 0 Å². The van der Waals surface area contributed by atoms with Crippen LogP contribution in [0.2, 0.25) is 0 Å². The highest BCUT2D eigenvalue weighted by Crippen LogP contribution is 2.24. The molecule has 1 aromatic carbocycles. The lowest BCUT2D eigenvalue weighted by atomic mass is 9.92. The van der Waals surface area contributed by atoms with Gasteiger partial charge in [0.1, 0.15) is 18.0 Å². The molecule has 0 bridgehead atoms. The number of benzene rings is 1. The van der Waals surface area contributed by atoms with E-state index < -0.39 is 11.4 Å². The number of nitrogens with one attached hydrogen (secondary N) is 1. The van der Waals surface area contributed by atoms with Crippen molar-refractivity contribution in [3.63, 3.8) is 0 Å². The van der Waals surface area contributed by atoms with Gasteiger partial charge in [-0.2, -0.15) is 0 Å². The van der Waals surface area contributed by atoms with Gasteiger partial charge in [0, 0.05) is 31.4 Å². The molecule has 26 heavy (non-hydrogen) atoms. The predicted octanol–water partition coefficient (Wildman–Crippen LogP) is 1.61. The fourth-order valence-electron chi connectivity index (χ4n) is 3.21. The highest BCUT2D eigenvalue weighted by molar-refractivity contribution is 5.78. The van der Waals surface area contributed by atoms with E-state index in [1.165, 1.54) is 12.4 Å². The van der Waals surface area contributed by atoms with Crippen molar-refractivity contribution in [3.8, 4) is 0 Å². The molecule has 1 aliphatic rings. The van der Waals surface area contributed by atoms with Gasteiger partial charge in [-0.1, -0.05) is 18.2 Å². The zero-order valence-electron chi connectivity index (χ0n) is 14.8. The van der Waals surface area contributed by atoms with Gasteiger partial charge in [-0.05, 0) is 31.4 Å². The molecule has 3 rings (SSSR count). The van der Waals surface area contributed by atoms with E-state index >= 15 is 0 Å². The first-order valence-corrected chi connectivity index (χ1v) is 8.71. The number of carbonyl (C=O) groups is 1. The van der Waals surface area contributed by atoms with Crippen LogP contribution >= 0.6 is 0 Å². The zero-order chi connectivity index (χ0) is 18.6. The van der Waals surface area contributed by atoms with Crippen LogP contribution in [0.5, 0.6) is 0 Å². The molecule has 0 saturated carbocycles. The van der Waals surface area contributed by atoms with Crippen molar-refractivity contribution in [1.82, 2.24) is 15.3 Å². The summed E-state index contributed by atoms with van der Waals surface area (Å²) < 4.78 is 13.6. The maximum Gasteiger partial charge on any atom is 0.224 e. The minimum absolute atomic E-state index is 0.0441. The number of anilines is 1. The van der Waals surface area contributed by atoms with Crippen LogP contribution in [-0.4, -0.2) is 46.2 Å². The number of aryl methyl sites for hydroxylation is 1. The molecule has 1 saturated heterocycles. The van der Waals surface area contributed by atoms with Crippen LogP contribution in [0.15, 0.2) is 36.7 Å². The fourth-order valence-corrected chi connectivity index (χ4v) is 3.21. The SMILES string of the molecule is Cc1cc(N2CCC[C@](O)(CNC(=O)Cc3ccccc3F)C2)ncn1. The number of hydrogen-bond acceptors (Lipinski definition) is 5. The van der Waals surface area contributed by atoms with Gasteiger partial charge in [0.15, 0.2) is 0 Å². The molecule has 2 aromatic rings. The summed E-state index contributed by atoms with van der Waals surface area (Å²) in [7, 11) is 0. The highest BCUT2D eigenvalue weighted by Gasteiger charge is 2.34. The Hall–Kier alpha value is -2.54. The van der Waals surface area contributed by atoms with Crippen LogP contribution in [0.4, 0.5) is 10.2 Å². The summed E-state index contributed by atoms with van der Waals surface area (Å²) in [6.07, 6.45) is 2.85. The molecule has 1 atom stereocenters. The third kappa shape index (κ3) is 4.54. The number of aliphatic hydroxyl groups is 1. The zero-order valence-corrected chi connectivity index (χ0v) is 14.8. The summed E-state index contributed by atoms with van der Waals surface area (Å²) in [6, 6.07) is 8.08. The molecule has 2 heterocycles. The van der Waals surface area contributed by atoms with Crippen molar-refractivity contribution in [2.45, 2.75) is 31.8 Å². The molecule has 7 heteroatoms. The van der Waals surface area contributed by atoms with E-state index in [2.05, 4.69) is 15.3 Å². The normalized spacial score (nSPS) is 20.0. The van der Waals surface area contributed by atoms with Gasteiger partial charge in [-0.25, -0.2) is 14.4 Å². The van der Waals surface area contributed by atoms with Gasteiger partial charge in [-0.3, -0.25) is 4.79 Å². The molecule has 0 aliphatic carbocycles. The van der Waals surface area contributed by atoms with Crippen molar-refractivity contribution >= 4 is 11.7 Å². The van der Waals surface area contributed by atoms with E-state index in [4.69, 9.17) is 0 Å². The molecule has 138 valence electrons. The van der Waals surface area contributed by atoms with Crippen molar-refractivity contribution < 1.29 is 14.3 Å². The van der Waals surface area contributed by atoms with E-state index in [1.54, 1.807) is 18.2 Å². The second kappa shape index (κ2) is 7.78. The third-order valence-electron chi connectivity index (χ3n) is 4.59. The Morgan fingerprint density at radius 2 is 2.19 bits per heavy atom. The summed E-state index contributed by atoms with van der Waals surface area (Å²) in [5, 5.41) is 13.6. The van der Waals surface area contributed by atoms with Crippen LogP contribution in [0, 0.1) is 12.7 Å². The van der Waals surface area contributed by atoms with E-state index in [9.17, 15) is 14.3 Å². The van der Waals surface area contributed by atoms with Crippen molar-refractivity contribution in [2.24, 2.45) is 0 Å². The molecular formula is C19H23FN4O2. The van der Waals surface area contributed by atoms with Crippen LogP contribution in [0.1, 0.15) is 24.1 Å². The lowest BCUT2D eigenvalue weighted by Crippen LogP contribution is -2.54. The molecular weight excluding hydrogens is 335 g/mol. The maximum absolute atomic E-state index is 13.6. The first-order chi connectivity index (χ1) is 12.5. The van der Waals surface area contributed by atoms with E-state index in [0.29, 0.717) is 18.5 Å². The summed E-state index contributed by atoms with van der Waals surface area (Å²) in [5.41, 5.74) is 0.170. The lowest BCUT2D eigenvalue weighted by molar-refractivity contribution is -0.121. The molecule has 0 unspecified atom stereocenters. The minimum atomic E-state index is -1.04. The quantitative estimate of drug-likeness (QED) is 0.849. The number of halogens is 1. The van der Waals surface area contributed by atoms with Crippen molar-refractivity contribution in [1.29, 1.82) is 0 Å². The largest absolute Gasteiger partial charge is 0.386 e. The summed E-state index contributed by atoms with van der Waals surface area (Å²) in [5.74, 6) is 0.0659. The molecule has 0 spiro atoms. The van der Waals surface area contributed by atoms with Crippen molar-refractivity contribution in [3.05, 3.63) is 53.7 Å². The smallest absolute Gasteiger partial charge is 0.224 e. The molecule has 6 nitrogen and oxygen atoms in total. The molecule has 2 N–H and O–H groups in total. The van der Waals surface area contributed by atoms with E-state index in [1.807, 2.05) is 17.9 Å². The second-order valence-corrected chi connectivity index (χ2v) is 6.81. The Balaban J connectivity index is 1.58. The number of amides is 1. The van der Waals surface area contributed by atoms with Gasteiger partial charge < -0.3 is 15.3 Å². The topological polar surface area (TPSA) is 78.4 Å². The van der Waals surface area contributed by atoms with E-state index in [-0.39, 0.29) is 18.9 Å². The van der Waals surface area contributed by atoms with Crippen LogP contribution < -0.4 is 10.2 Å². The predicted molar refractivity (Wildman–Crippen MR) is 96.3 cm³/mol. The number of carbonyl (C=O) groups excluding carboxylic acids is 1. The molecule has 1 fully saturated rings. The van der Waals surface area contributed by atoms with E-state index in [0.717, 1.165) is 24.5 Å². The second-order valence-electron chi connectivity index (χ2n) is 6.81. The monoisotopic (exact) mass is 358 g/mol. The fraction of sp³-hybridized carbons (Fsp3) is 0.421. The number of aromatic nitrogens is 2.